The van der Waals surface area contributed by atoms with Gasteiger partial charge in [0.1, 0.15) is 11.5 Å². The van der Waals surface area contributed by atoms with E-state index in [0.29, 0.717) is 0 Å². The molecule has 0 N–H and O–H groups in total. The SMILES string of the molecule is O=S(=O)(CC#C/C=C\C#CCS(=O)(=O)c1ccccc1)c1ccccc1. The van der Waals surface area contributed by atoms with Crippen LogP contribution < -0.4 is 0 Å². The standard InChI is InChI=1S/C20H16O4S2/c21-25(22,19-13-7-5-8-14-19)17-11-3-1-2-4-12-18-26(23,24)20-15-9-6-10-16-20/h1-2,5-10,13-16H,17-18H2/b2-1-. The third-order valence-electron chi connectivity index (χ3n) is 3.18. The Labute approximate surface area is 154 Å². The lowest BCUT2D eigenvalue weighted by atomic mass is 10.4. The molecule has 0 aliphatic heterocycles. The summed E-state index contributed by atoms with van der Waals surface area (Å²) in [4.78, 5) is 0.452. The van der Waals surface area contributed by atoms with Crippen molar-refractivity contribution in [1.82, 2.24) is 0 Å². The Morgan fingerprint density at radius 1 is 0.615 bits per heavy atom. The molecule has 0 heterocycles. The van der Waals surface area contributed by atoms with Gasteiger partial charge in [-0.1, -0.05) is 60.1 Å². The van der Waals surface area contributed by atoms with Gasteiger partial charge < -0.3 is 0 Å². The average molecular weight is 384 g/mol. The van der Waals surface area contributed by atoms with E-state index < -0.39 is 19.7 Å². The molecule has 0 atom stereocenters. The summed E-state index contributed by atoms with van der Waals surface area (Å²) in [5, 5.41) is 0. The first-order valence-electron chi connectivity index (χ1n) is 7.59. The third-order valence-corrected chi connectivity index (χ3v) is 6.21. The lowest BCUT2D eigenvalue weighted by Crippen LogP contribution is -2.04. The minimum atomic E-state index is -3.43. The van der Waals surface area contributed by atoms with Crippen molar-refractivity contribution < 1.29 is 16.8 Å². The first-order chi connectivity index (χ1) is 12.4. The van der Waals surface area contributed by atoms with E-state index in [0.717, 1.165) is 0 Å². The fourth-order valence-electron chi connectivity index (χ4n) is 1.90. The normalized spacial score (nSPS) is 11.2. The van der Waals surface area contributed by atoms with Gasteiger partial charge in [-0.05, 0) is 36.4 Å². The molecule has 2 aromatic rings. The maximum Gasteiger partial charge on any atom is 0.189 e. The smallest absolute Gasteiger partial charge is 0.189 e. The Hall–Kier alpha value is -2.80. The Morgan fingerprint density at radius 2 is 0.962 bits per heavy atom. The monoisotopic (exact) mass is 384 g/mol. The summed E-state index contributed by atoms with van der Waals surface area (Å²) in [6, 6.07) is 16.2. The number of sulfone groups is 2. The Morgan fingerprint density at radius 3 is 1.31 bits per heavy atom. The first kappa shape index (κ1) is 19.5. The number of hydrogen-bond acceptors (Lipinski definition) is 4. The Bertz CT molecular complexity index is 1000. The predicted octanol–water partition coefficient (Wildman–Crippen LogP) is 2.50. The second-order valence-corrected chi connectivity index (χ2v) is 9.10. The highest BCUT2D eigenvalue weighted by molar-refractivity contribution is 7.92. The van der Waals surface area contributed by atoms with Crippen LogP contribution in [-0.4, -0.2) is 28.3 Å². The molecule has 0 unspecified atom stereocenters. The van der Waals surface area contributed by atoms with Crippen molar-refractivity contribution in [2.45, 2.75) is 9.79 Å². The van der Waals surface area contributed by atoms with Crippen LogP contribution in [-0.2, 0) is 19.7 Å². The molecule has 26 heavy (non-hydrogen) atoms. The molecule has 0 fully saturated rings. The van der Waals surface area contributed by atoms with Gasteiger partial charge in [0.25, 0.3) is 0 Å². The van der Waals surface area contributed by atoms with E-state index in [1.807, 2.05) is 0 Å². The summed E-state index contributed by atoms with van der Waals surface area (Å²) in [6.45, 7) is 0. The van der Waals surface area contributed by atoms with E-state index in [9.17, 15) is 16.8 Å². The van der Waals surface area contributed by atoms with E-state index in [2.05, 4.69) is 23.7 Å². The molecular formula is C20H16O4S2. The zero-order chi connectivity index (χ0) is 18.9. The number of rotatable bonds is 4. The maximum absolute atomic E-state index is 12.0. The van der Waals surface area contributed by atoms with Crippen molar-refractivity contribution in [3.05, 3.63) is 72.8 Å². The van der Waals surface area contributed by atoms with Gasteiger partial charge in [0.15, 0.2) is 19.7 Å². The lowest BCUT2D eigenvalue weighted by molar-refractivity contribution is 0.597. The van der Waals surface area contributed by atoms with Crippen LogP contribution in [0.1, 0.15) is 0 Å². The molecular weight excluding hydrogens is 368 g/mol. The molecule has 0 aromatic heterocycles. The van der Waals surface area contributed by atoms with Crippen LogP contribution in [0.3, 0.4) is 0 Å². The highest BCUT2D eigenvalue weighted by atomic mass is 32.2. The summed E-state index contributed by atoms with van der Waals surface area (Å²) in [6.07, 6.45) is 2.78. The number of hydrogen-bond donors (Lipinski definition) is 0. The van der Waals surface area contributed by atoms with Crippen LogP contribution in [0.15, 0.2) is 82.6 Å². The number of benzene rings is 2. The molecule has 0 aliphatic rings. The van der Waals surface area contributed by atoms with E-state index in [1.165, 1.54) is 36.4 Å². The van der Waals surface area contributed by atoms with Gasteiger partial charge in [0.05, 0.1) is 9.79 Å². The van der Waals surface area contributed by atoms with Crippen molar-refractivity contribution in [3.63, 3.8) is 0 Å². The quantitative estimate of drug-likeness (QED) is 0.760. The van der Waals surface area contributed by atoms with Crippen LogP contribution in [0.2, 0.25) is 0 Å². The van der Waals surface area contributed by atoms with Crippen LogP contribution >= 0.6 is 0 Å². The van der Waals surface area contributed by atoms with Crippen molar-refractivity contribution in [2.75, 3.05) is 11.5 Å². The van der Waals surface area contributed by atoms with Gasteiger partial charge >= 0.3 is 0 Å². The molecule has 0 amide bonds. The van der Waals surface area contributed by atoms with E-state index in [-0.39, 0.29) is 21.3 Å². The highest BCUT2D eigenvalue weighted by Gasteiger charge is 2.11. The summed E-state index contributed by atoms with van der Waals surface area (Å²) >= 11 is 0. The molecule has 2 rings (SSSR count). The van der Waals surface area contributed by atoms with Crippen molar-refractivity contribution >= 4 is 19.7 Å². The summed E-state index contributed by atoms with van der Waals surface area (Å²) < 4.78 is 48.0. The van der Waals surface area contributed by atoms with Crippen molar-refractivity contribution in [1.29, 1.82) is 0 Å². The van der Waals surface area contributed by atoms with Crippen LogP contribution in [0, 0.1) is 23.7 Å². The van der Waals surface area contributed by atoms with E-state index in [1.54, 1.807) is 36.4 Å². The third kappa shape index (κ3) is 5.93. The molecule has 0 radical (unpaired) electrons. The van der Waals surface area contributed by atoms with E-state index >= 15 is 0 Å². The second kappa shape index (κ2) is 9.05. The van der Waals surface area contributed by atoms with Crippen LogP contribution in [0.25, 0.3) is 0 Å². The van der Waals surface area contributed by atoms with Crippen LogP contribution in [0.5, 0.6) is 0 Å². The van der Waals surface area contributed by atoms with Gasteiger partial charge in [-0.3, -0.25) is 0 Å². The summed E-state index contributed by atoms with van der Waals surface area (Å²) in [5.74, 6) is 9.66. The molecule has 0 spiro atoms. The lowest BCUT2D eigenvalue weighted by Gasteiger charge is -1.98. The maximum atomic E-state index is 12.0. The molecule has 0 saturated carbocycles. The molecule has 0 aliphatic carbocycles. The van der Waals surface area contributed by atoms with Crippen LogP contribution in [0.4, 0.5) is 0 Å². The minimum absolute atomic E-state index is 0.226. The second-order valence-electron chi connectivity index (χ2n) is 5.12. The fourth-order valence-corrected chi connectivity index (χ4v) is 3.92. The highest BCUT2D eigenvalue weighted by Crippen LogP contribution is 2.09. The summed E-state index contributed by atoms with van der Waals surface area (Å²) in [5.41, 5.74) is 0. The van der Waals surface area contributed by atoms with Crippen molar-refractivity contribution in [2.24, 2.45) is 0 Å². The number of allylic oxidation sites excluding steroid dienone is 2. The Kier molecular flexibility index (Phi) is 6.80. The average Bonchev–Trinajstić information content (AvgIpc) is 2.65. The first-order valence-corrected chi connectivity index (χ1v) is 10.9. The zero-order valence-electron chi connectivity index (χ0n) is 13.8. The van der Waals surface area contributed by atoms with E-state index in [4.69, 9.17) is 0 Å². The predicted molar refractivity (Wildman–Crippen MR) is 102 cm³/mol. The fraction of sp³-hybridized carbons (Fsp3) is 0.100. The summed E-state index contributed by atoms with van der Waals surface area (Å²) in [7, 11) is -6.86. The van der Waals surface area contributed by atoms with Crippen molar-refractivity contribution in [3.8, 4) is 23.7 Å². The minimum Gasteiger partial charge on any atom is -0.223 e. The zero-order valence-corrected chi connectivity index (χ0v) is 15.4. The molecule has 4 nitrogen and oxygen atoms in total. The molecule has 0 saturated heterocycles. The topological polar surface area (TPSA) is 68.3 Å². The van der Waals surface area contributed by atoms with Gasteiger partial charge in [0.2, 0.25) is 0 Å². The molecule has 0 bridgehead atoms. The Balaban J connectivity index is 1.90. The molecule has 2 aromatic carbocycles. The van der Waals surface area contributed by atoms with Gasteiger partial charge in [-0.2, -0.15) is 0 Å². The van der Waals surface area contributed by atoms with Gasteiger partial charge in [-0.15, -0.1) is 0 Å². The molecule has 6 heteroatoms. The van der Waals surface area contributed by atoms with Gasteiger partial charge in [0, 0.05) is 0 Å². The largest absolute Gasteiger partial charge is 0.223 e. The van der Waals surface area contributed by atoms with Gasteiger partial charge in [-0.25, -0.2) is 16.8 Å². The molecule has 132 valence electrons.